The van der Waals surface area contributed by atoms with Gasteiger partial charge in [0.1, 0.15) is 5.75 Å². The summed E-state index contributed by atoms with van der Waals surface area (Å²) in [7, 11) is 3.79. The third kappa shape index (κ3) is 3.35. The van der Waals surface area contributed by atoms with Gasteiger partial charge in [-0.15, -0.1) is 0 Å². The Hall–Kier alpha value is -2.54. The lowest BCUT2D eigenvalue weighted by molar-refractivity contribution is 0.0679. The molecular weight excluding hydrogens is 354 g/mol. The van der Waals surface area contributed by atoms with Gasteiger partial charge in [0.15, 0.2) is 5.69 Å². The van der Waals surface area contributed by atoms with E-state index in [0.29, 0.717) is 18.8 Å². The van der Waals surface area contributed by atoms with Gasteiger partial charge < -0.3 is 14.5 Å². The second kappa shape index (κ2) is 7.13. The fourth-order valence-electron chi connectivity index (χ4n) is 4.29. The molecule has 4 rings (SSSR count). The van der Waals surface area contributed by atoms with Crippen molar-refractivity contribution in [3.05, 3.63) is 41.7 Å². The molecule has 2 aliphatic rings. The van der Waals surface area contributed by atoms with Crippen LogP contribution >= 0.6 is 0 Å². The Morgan fingerprint density at radius 2 is 1.93 bits per heavy atom. The number of fused-ring (bicyclic) bond motifs is 1. The number of methoxy groups -OCH3 is 1. The quantitative estimate of drug-likeness (QED) is 0.812. The van der Waals surface area contributed by atoms with E-state index in [1.54, 1.807) is 7.11 Å². The first-order chi connectivity index (χ1) is 13.4. The molecule has 2 aromatic rings. The Bertz CT molecular complexity index is 875. The van der Waals surface area contributed by atoms with Crippen molar-refractivity contribution in [3.63, 3.8) is 0 Å². The number of para-hydroxylation sites is 2. The minimum Gasteiger partial charge on any atom is -0.495 e. The summed E-state index contributed by atoms with van der Waals surface area (Å²) in [6, 6.07) is 10.0. The van der Waals surface area contributed by atoms with Gasteiger partial charge in [0.2, 0.25) is 0 Å². The molecule has 2 aliphatic heterocycles. The lowest BCUT2D eigenvalue weighted by atomic mass is 9.97. The van der Waals surface area contributed by atoms with Crippen LogP contribution < -0.4 is 9.64 Å². The molecule has 3 heterocycles. The van der Waals surface area contributed by atoms with Crippen molar-refractivity contribution in [1.29, 1.82) is 0 Å². The van der Waals surface area contributed by atoms with Crippen molar-refractivity contribution in [3.8, 4) is 5.75 Å². The number of benzene rings is 1. The van der Waals surface area contributed by atoms with E-state index in [2.05, 4.69) is 41.9 Å². The highest BCUT2D eigenvalue weighted by molar-refractivity contribution is 5.92. The number of hydrogen-bond acceptors (Lipinski definition) is 5. The van der Waals surface area contributed by atoms with Crippen LogP contribution in [0.25, 0.3) is 0 Å². The van der Waals surface area contributed by atoms with Gasteiger partial charge in [0.05, 0.1) is 30.6 Å². The number of aromatic nitrogens is 2. The number of piperazine rings is 1. The van der Waals surface area contributed by atoms with E-state index < -0.39 is 0 Å². The highest BCUT2D eigenvalue weighted by Gasteiger charge is 2.37. The molecule has 0 spiro atoms. The van der Waals surface area contributed by atoms with Crippen LogP contribution in [0.1, 0.15) is 30.0 Å². The van der Waals surface area contributed by atoms with E-state index in [1.807, 2.05) is 33.8 Å². The average molecular weight is 383 g/mol. The van der Waals surface area contributed by atoms with Crippen LogP contribution in [-0.4, -0.2) is 71.4 Å². The number of carbonyl (C=O) groups excluding carboxylic acids is 1. The van der Waals surface area contributed by atoms with Crippen LogP contribution in [0.15, 0.2) is 30.3 Å². The molecule has 7 nitrogen and oxygen atoms in total. The van der Waals surface area contributed by atoms with Crippen LogP contribution in [0.3, 0.4) is 0 Å². The minimum absolute atomic E-state index is 0.0253. The summed E-state index contributed by atoms with van der Waals surface area (Å²) in [5.41, 5.74) is 2.54. The smallest absolute Gasteiger partial charge is 0.274 e. The van der Waals surface area contributed by atoms with Gasteiger partial charge in [-0.05, 0) is 39.1 Å². The maximum atomic E-state index is 13.1. The molecule has 0 N–H and O–H groups in total. The minimum atomic E-state index is -0.206. The van der Waals surface area contributed by atoms with Gasteiger partial charge in [-0.1, -0.05) is 12.1 Å². The number of rotatable bonds is 3. The van der Waals surface area contributed by atoms with Crippen molar-refractivity contribution in [1.82, 2.24) is 19.6 Å². The Labute approximate surface area is 166 Å². The standard InChI is InChI=1S/C21H29N5O2/c1-21(2)15-24(10-11-25(21)18-7-5-6-8-19(18)28-4)20(27)17-13-16-14-23(3)9-12-26(16)22-17/h5-8,13H,9-12,14-15H2,1-4H3. The molecule has 1 aromatic carbocycles. The predicted molar refractivity (Wildman–Crippen MR) is 109 cm³/mol. The monoisotopic (exact) mass is 383 g/mol. The molecule has 28 heavy (non-hydrogen) atoms. The highest BCUT2D eigenvalue weighted by atomic mass is 16.5. The van der Waals surface area contributed by atoms with Crippen molar-refractivity contribution in [2.75, 3.05) is 45.2 Å². The van der Waals surface area contributed by atoms with Gasteiger partial charge in [0.25, 0.3) is 5.91 Å². The summed E-state index contributed by atoms with van der Waals surface area (Å²) in [5, 5.41) is 4.58. The first-order valence-electron chi connectivity index (χ1n) is 9.84. The summed E-state index contributed by atoms with van der Waals surface area (Å²) < 4.78 is 7.53. The van der Waals surface area contributed by atoms with Crippen molar-refractivity contribution in [2.45, 2.75) is 32.5 Å². The summed E-state index contributed by atoms with van der Waals surface area (Å²) in [4.78, 5) is 19.7. The lowest BCUT2D eigenvalue weighted by Gasteiger charge is -2.48. The first-order valence-corrected chi connectivity index (χ1v) is 9.84. The number of anilines is 1. The van der Waals surface area contributed by atoms with Crippen LogP contribution in [0.4, 0.5) is 5.69 Å². The molecule has 1 amide bonds. The molecule has 0 radical (unpaired) electrons. The SMILES string of the molecule is COc1ccccc1N1CCN(C(=O)c2cc3n(n2)CCN(C)C3)CC1(C)C. The second-order valence-corrected chi connectivity index (χ2v) is 8.34. The third-order valence-corrected chi connectivity index (χ3v) is 5.77. The number of carbonyl (C=O) groups is 1. The summed E-state index contributed by atoms with van der Waals surface area (Å²) in [5.74, 6) is 0.888. The second-order valence-electron chi connectivity index (χ2n) is 8.34. The van der Waals surface area contributed by atoms with Crippen LogP contribution in [-0.2, 0) is 13.1 Å². The lowest BCUT2D eigenvalue weighted by Crippen LogP contribution is -2.60. The predicted octanol–water partition coefficient (Wildman–Crippen LogP) is 2.08. The Morgan fingerprint density at radius 3 is 2.68 bits per heavy atom. The largest absolute Gasteiger partial charge is 0.495 e. The summed E-state index contributed by atoms with van der Waals surface area (Å²) in [6.07, 6.45) is 0. The van der Waals surface area contributed by atoms with Gasteiger partial charge in [-0.3, -0.25) is 14.4 Å². The number of ether oxygens (including phenoxy) is 1. The fourth-order valence-corrected chi connectivity index (χ4v) is 4.29. The zero-order chi connectivity index (χ0) is 19.9. The number of amides is 1. The van der Waals surface area contributed by atoms with E-state index in [-0.39, 0.29) is 11.4 Å². The summed E-state index contributed by atoms with van der Waals surface area (Å²) in [6.45, 7) is 9.06. The number of hydrogen-bond donors (Lipinski definition) is 0. The van der Waals surface area contributed by atoms with Gasteiger partial charge in [0, 0.05) is 32.7 Å². The van der Waals surface area contributed by atoms with Crippen molar-refractivity contribution >= 4 is 11.6 Å². The maximum absolute atomic E-state index is 13.1. The average Bonchev–Trinajstić information content (AvgIpc) is 3.09. The molecule has 1 saturated heterocycles. The zero-order valence-electron chi connectivity index (χ0n) is 17.2. The zero-order valence-corrected chi connectivity index (χ0v) is 17.2. The van der Waals surface area contributed by atoms with E-state index in [0.717, 1.165) is 43.3 Å². The number of nitrogens with zero attached hydrogens (tertiary/aromatic N) is 5. The molecule has 0 aliphatic carbocycles. The Kier molecular flexibility index (Phi) is 4.79. The Morgan fingerprint density at radius 1 is 1.14 bits per heavy atom. The van der Waals surface area contributed by atoms with E-state index >= 15 is 0 Å². The maximum Gasteiger partial charge on any atom is 0.274 e. The number of likely N-dealkylation sites (N-methyl/N-ethyl adjacent to an activating group) is 1. The molecule has 1 fully saturated rings. The van der Waals surface area contributed by atoms with Gasteiger partial charge in [-0.2, -0.15) is 5.10 Å². The van der Waals surface area contributed by atoms with Crippen LogP contribution in [0.5, 0.6) is 5.75 Å². The van der Waals surface area contributed by atoms with Crippen molar-refractivity contribution in [2.24, 2.45) is 0 Å². The molecule has 0 unspecified atom stereocenters. The van der Waals surface area contributed by atoms with Gasteiger partial charge >= 0.3 is 0 Å². The van der Waals surface area contributed by atoms with Gasteiger partial charge in [-0.25, -0.2) is 0 Å². The third-order valence-electron chi connectivity index (χ3n) is 5.77. The molecule has 0 bridgehead atoms. The van der Waals surface area contributed by atoms with E-state index in [1.165, 1.54) is 0 Å². The summed E-state index contributed by atoms with van der Waals surface area (Å²) >= 11 is 0. The first kappa shape index (κ1) is 18.8. The molecule has 0 saturated carbocycles. The molecular formula is C21H29N5O2. The molecule has 150 valence electrons. The highest BCUT2D eigenvalue weighted by Crippen LogP contribution is 2.35. The molecule has 7 heteroatoms. The molecule has 0 atom stereocenters. The van der Waals surface area contributed by atoms with E-state index in [4.69, 9.17) is 4.74 Å². The van der Waals surface area contributed by atoms with Crippen LogP contribution in [0.2, 0.25) is 0 Å². The fraction of sp³-hybridized carbons (Fsp3) is 0.524. The normalized spacial score (nSPS) is 19.4. The van der Waals surface area contributed by atoms with Crippen molar-refractivity contribution < 1.29 is 9.53 Å². The van der Waals surface area contributed by atoms with Crippen LogP contribution in [0, 0.1) is 0 Å². The molecule has 1 aromatic heterocycles. The Balaban J connectivity index is 1.52. The topological polar surface area (TPSA) is 53.8 Å². The van der Waals surface area contributed by atoms with E-state index in [9.17, 15) is 4.79 Å².